The molecule has 22 heavy (non-hydrogen) atoms. The molecule has 0 fully saturated rings. The molecule has 0 saturated heterocycles. The van der Waals surface area contributed by atoms with Gasteiger partial charge in [0.05, 0.1) is 12.7 Å². The number of carbonyl (C=O) groups is 1. The Morgan fingerprint density at radius 2 is 1.82 bits per heavy atom. The lowest BCUT2D eigenvalue weighted by atomic mass is 10.1. The Hall–Kier alpha value is -1.39. The molecule has 0 bridgehead atoms. The first kappa shape index (κ1) is 18.7. The maximum Gasteiger partial charge on any atom is 0.265 e. The van der Waals surface area contributed by atoms with Crippen LogP contribution < -0.4 is 5.32 Å². The number of hydrogen-bond donors (Lipinski definition) is 1. The summed E-state index contributed by atoms with van der Waals surface area (Å²) in [5, 5.41) is 3.14. The van der Waals surface area contributed by atoms with Crippen molar-refractivity contribution in [3.05, 3.63) is 34.7 Å². The Morgan fingerprint density at radius 3 is 2.23 bits per heavy atom. The van der Waals surface area contributed by atoms with Gasteiger partial charge in [0.15, 0.2) is 5.69 Å². The average molecular weight is 319 g/mol. The fraction of sp³-hybridized carbons (Fsp3) is 0.556. The monoisotopic (exact) mass is 319 g/mol. The number of rotatable bonds is 6. The van der Waals surface area contributed by atoms with Crippen LogP contribution in [0, 0.1) is 20.4 Å². The van der Waals surface area contributed by atoms with E-state index in [9.17, 15) is 4.79 Å². The lowest BCUT2D eigenvalue weighted by molar-refractivity contribution is -0.116. The summed E-state index contributed by atoms with van der Waals surface area (Å²) in [5.41, 5.74) is 3.53. The maximum absolute atomic E-state index is 12.8. The molecule has 0 spiro atoms. The van der Waals surface area contributed by atoms with Crippen LogP contribution in [0.15, 0.2) is 12.1 Å². The van der Waals surface area contributed by atoms with Crippen LogP contribution in [0.5, 0.6) is 0 Å². The molecule has 1 unspecified atom stereocenters. The van der Waals surface area contributed by atoms with Gasteiger partial charge in [-0.05, 0) is 38.3 Å². The van der Waals surface area contributed by atoms with Gasteiger partial charge in [-0.3, -0.25) is 4.79 Å². The van der Waals surface area contributed by atoms with Crippen molar-refractivity contribution in [2.75, 3.05) is 24.8 Å². The standard InChI is InChI=1S/C18H27N2OP/c1-8-10-16(22(6,7)9-2)18(21)20-17-13(3)11-15(19-5)12-14(17)4/h11-12,16H,8-10H2,1-4,6-7H3/p+1. The van der Waals surface area contributed by atoms with Crippen molar-refractivity contribution >= 4 is 24.5 Å². The van der Waals surface area contributed by atoms with Gasteiger partial charge in [0, 0.05) is 26.3 Å². The third kappa shape index (κ3) is 4.31. The van der Waals surface area contributed by atoms with Gasteiger partial charge < -0.3 is 5.32 Å². The van der Waals surface area contributed by atoms with Crippen molar-refractivity contribution in [2.24, 2.45) is 0 Å². The zero-order chi connectivity index (χ0) is 16.9. The highest BCUT2D eigenvalue weighted by Crippen LogP contribution is 2.57. The lowest BCUT2D eigenvalue weighted by Crippen LogP contribution is -2.31. The summed E-state index contributed by atoms with van der Waals surface area (Å²) in [6.07, 6.45) is 3.05. The molecular weight excluding hydrogens is 291 g/mol. The summed E-state index contributed by atoms with van der Waals surface area (Å²) in [6.45, 7) is 19.9. The number of aryl methyl sites for hydroxylation is 2. The average Bonchev–Trinajstić information content (AvgIpc) is 2.47. The molecule has 1 N–H and O–H groups in total. The van der Waals surface area contributed by atoms with Crippen molar-refractivity contribution in [3.63, 3.8) is 0 Å². The second-order valence-electron chi connectivity index (χ2n) is 6.45. The minimum atomic E-state index is -1.25. The zero-order valence-corrected chi connectivity index (χ0v) is 15.6. The molecular formula is C18H28N2OP+. The van der Waals surface area contributed by atoms with Crippen LogP contribution in [-0.2, 0) is 4.79 Å². The van der Waals surface area contributed by atoms with Crippen LogP contribution in [0.25, 0.3) is 4.85 Å². The highest BCUT2D eigenvalue weighted by atomic mass is 31.2. The molecule has 0 aliphatic rings. The zero-order valence-electron chi connectivity index (χ0n) is 14.7. The third-order valence-corrected chi connectivity index (χ3v) is 8.23. The minimum absolute atomic E-state index is 0.113. The van der Waals surface area contributed by atoms with Gasteiger partial charge in [0.1, 0.15) is 5.66 Å². The summed E-state index contributed by atoms with van der Waals surface area (Å²) < 4.78 is 0. The van der Waals surface area contributed by atoms with Gasteiger partial charge in [-0.25, -0.2) is 4.85 Å². The van der Waals surface area contributed by atoms with Gasteiger partial charge in [-0.15, -0.1) is 0 Å². The number of hydrogen-bond acceptors (Lipinski definition) is 1. The molecule has 1 rings (SSSR count). The molecule has 0 aromatic heterocycles. The van der Waals surface area contributed by atoms with E-state index in [0.29, 0.717) is 5.69 Å². The SMILES string of the molecule is [C-]#[N+]c1cc(C)c(NC(=O)C(CCC)[P+](C)(C)CC)c(C)c1. The smallest absolute Gasteiger partial charge is 0.265 e. The molecule has 1 aromatic rings. The predicted molar refractivity (Wildman–Crippen MR) is 98.8 cm³/mol. The molecule has 120 valence electrons. The Balaban J connectivity index is 3.08. The van der Waals surface area contributed by atoms with Gasteiger partial charge >= 0.3 is 0 Å². The Morgan fingerprint density at radius 1 is 1.27 bits per heavy atom. The summed E-state index contributed by atoms with van der Waals surface area (Å²) in [6, 6.07) is 3.68. The highest BCUT2D eigenvalue weighted by molar-refractivity contribution is 7.76. The number of nitrogens with zero attached hydrogens (tertiary/aromatic N) is 1. The van der Waals surface area contributed by atoms with Crippen LogP contribution in [0.4, 0.5) is 11.4 Å². The van der Waals surface area contributed by atoms with Crippen LogP contribution in [0.1, 0.15) is 37.8 Å². The van der Waals surface area contributed by atoms with Gasteiger partial charge in [-0.1, -0.05) is 25.5 Å². The summed E-state index contributed by atoms with van der Waals surface area (Å²) in [5.74, 6) is 0.142. The molecule has 1 amide bonds. The van der Waals surface area contributed by atoms with Crippen molar-refractivity contribution in [3.8, 4) is 0 Å². The third-order valence-electron chi connectivity index (χ3n) is 4.42. The Labute approximate surface area is 135 Å². The molecule has 3 nitrogen and oxygen atoms in total. The highest BCUT2D eigenvalue weighted by Gasteiger charge is 2.39. The largest absolute Gasteiger partial charge is 0.322 e. The molecule has 0 heterocycles. The second-order valence-corrected chi connectivity index (χ2v) is 11.3. The molecule has 0 aliphatic heterocycles. The van der Waals surface area contributed by atoms with Crippen LogP contribution in [-0.4, -0.2) is 31.1 Å². The quantitative estimate of drug-likeness (QED) is 0.563. The first-order valence-corrected chi connectivity index (χ1v) is 10.8. The van der Waals surface area contributed by atoms with Crippen molar-refractivity contribution in [1.29, 1.82) is 0 Å². The molecule has 0 radical (unpaired) electrons. The molecule has 0 aliphatic carbocycles. The van der Waals surface area contributed by atoms with E-state index in [1.165, 1.54) is 0 Å². The maximum atomic E-state index is 12.8. The number of benzene rings is 1. The van der Waals surface area contributed by atoms with Crippen molar-refractivity contribution in [2.45, 2.75) is 46.2 Å². The van der Waals surface area contributed by atoms with E-state index < -0.39 is 7.26 Å². The van der Waals surface area contributed by atoms with Crippen molar-refractivity contribution in [1.82, 2.24) is 0 Å². The van der Waals surface area contributed by atoms with Gasteiger partial charge in [0.2, 0.25) is 0 Å². The Kier molecular flexibility index (Phi) is 6.57. The number of nitrogens with one attached hydrogen (secondary N) is 1. The van der Waals surface area contributed by atoms with E-state index in [2.05, 4.69) is 37.3 Å². The molecule has 0 saturated carbocycles. The number of anilines is 1. The molecule has 4 heteroatoms. The number of amides is 1. The topological polar surface area (TPSA) is 33.5 Å². The summed E-state index contributed by atoms with van der Waals surface area (Å²) in [4.78, 5) is 16.3. The van der Waals surface area contributed by atoms with Gasteiger partial charge in [0.25, 0.3) is 5.91 Å². The number of carbonyl (C=O) groups excluding carboxylic acids is 1. The molecule has 1 aromatic carbocycles. The molecule has 1 atom stereocenters. The van der Waals surface area contributed by atoms with E-state index in [-0.39, 0.29) is 11.6 Å². The normalized spacial score (nSPS) is 12.6. The Bertz CT molecular complexity index is 564. The van der Waals surface area contributed by atoms with E-state index in [0.717, 1.165) is 35.8 Å². The van der Waals surface area contributed by atoms with Crippen LogP contribution in [0.2, 0.25) is 0 Å². The summed E-state index contributed by atoms with van der Waals surface area (Å²) >= 11 is 0. The fourth-order valence-electron chi connectivity index (χ4n) is 2.70. The van der Waals surface area contributed by atoms with E-state index in [1.807, 2.05) is 26.0 Å². The first-order valence-electron chi connectivity index (χ1n) is 7.89. The van der Waals surface area contributed by atoms with Crippen LogP contribution >= 0.6 is 7.26 Å². The van der Waals surface area contributed by atoms with E-state index in [4.69, 9.17) is 6.57 Å². The van der Waals surface area contributed by atoms with E-state index in [1.54, 1.807) is 0 Å². The minimum Gasteiger partial charge on any atom is -0.322 e. The van der Waals surface area contributed by atoms with E-state index >= 15 is 0 Å². The fourth-order valence-corrected chi connectivity index (χ4v) is 4.80. The lowest BCUT2D eigenvalue weighted by Gasteiger charge is -2.26. The van der Waals surface area contributed by atoms with Gasteiger partial charge in [-0.2, -0.15) is 0 Å². The second kappa shape index (κ2) is 7.75. The first-order chi connectivity index (χ1) is 10.3. The van der Waals surface area contributed by atoms with Crippen molar-refractivity contribution < 1.29 is 4.79 Å². The summed E-state index contributed by atoms with van der Waals surface area (Å²) in [7, 11) is -1.25. The predicted octanol–water partition coefficient (Wildman–Crippen LogP) is 5.26. The van der Waals surface area contributed by atoms with Crippen LogP contribution in [0.3, 0.4) is 0 Å².